The zero-order valence-electron chi connectivity index (χ0n) is 11.5. The molecule has 0 bridgehead atoms. The summed E-state index contributed by atoms with van der Waals surface area (Å²) in [6, 6.07) is 15.0. The normalized spacial score (nSPS) is 11.8. The molecule has 2 aromatic rings. The molecule has 21 heavy (non-hydrogen) atoms. The second kappa shape index (κ2) is 7.66. The number of ether oxygens (including phenoxy) is 1. The van der Waals surface area contributed by atoms with Crippen molar-refractivity contribution in [1.82, 2.24) is 5.32 Å². The van der Waals surface area contributed by atoms with Crippen LogP contribution < -0.4 is 10.1 Å². The van der Waals surface area contributed by atoms with Gasteiger partial charge in [-0.2, -0.15) is 0 Å². The Balaban J connectivity index is 1.88. The first-order chi connectivity index (χ1) is 10.1. The van der Waals surface area contributed by atoms with Crippen LogP contribution in [-0.4, -0.2) is 12.0 Å². The van der Waals surface area contributed by atoms with Crippen molar-refractivity contribution in [2.45, 2.75) is 19.6 Å². The van der Waals surface area contributed by atoms with Crippen LogP contribution >= 0.6 is 34.2 Å². The summed E-state index contributed by atoms with van der Waals surface area (Å²) >= 11 is 8.27. The van der Waals surface area contributed by atoms with Gasteiger partial charge in [0.15, 0.2) is 6.10 Å². The summed E-state index contributed by atoms with van der Waals surface area (Å²) < 4.78 is 6.72. The Bertz CT molecular complexity index is 616. The van der Waals surface area contributed by atoms with Gasteiger partial charge in [0.1, 0.15) is 5.75 Å². The average Bonchev–Trinajstić information content (AvgIpc) is 2.48. The van der Waals surface area contributed by atoms with Gasteiger partial charge in [-0.15, -0.1) is 0 Å². The summed E-state index contributed by atoms with van der Waals surface area (Å²) in [7, 11) is 0. The molecule has 110 valence electrons. The molecule has 2 aromatic carbocycles. The van der Waals surface area contributed by atoms with Crippen LogP contribution in [0.1, 0.15) is 12.5 Å². The molecule has 0 saturated carbocycles. The molecule has 5 heteroatoms. The number of amides is 1. The first-order valence-corrected chi connectivity index (χ1v) is 7.95. The van der Waals surface area contributed by atoms with E-state index in [4.69, 9.17) is 16.3 Å². The van der Waals surface area contributed by atoms with Gasteiger partial charge < -0.3 is 10.1 Å². The molecule has 1 unspecified atom stereocenters. The lowest BCUT2D eigenvalue weighted by Gasteiger charge is -2.15. The number of rotatable bonds is 5. The minimum absolute atomic E-state index is 0.173. The fourth-order valence-corrected chi connectivity index (χ4v) is 2.30. The molecule has 1 amide bonds. The zero-order valence-corrected chi connectivity index (χ0v) is 14.4. The molecule has 1 N–H and O–H groups in total. The molecule has 3 nitrogen and oxygen atoms in total. The summed E-state index contributed by atoms with van der Waals surface area (Å²) in [5.41, 5.74) is 0.883. The van der Waals surface area contributed by atoms with Gasteiger partial charge in [0.05, 0.1) is 0 Å². The predicted octanol–water partition coefficient (Wildman–Crippen LogP) is 4.03. The summed E-state index contributed by atoms with van der Waals surface area (Å²) in [5.74, 6) is 0.504. The second-order valence-corrected chi connectivity index (χ2v) is 6.18. The SMILES string of the molecule is CC(Oc1ccc(I)cc1)C(=O)NCc1ccccc1Cl. The molecule has 0 aliphatic rings. The van der Waals surface area contributed by atoms with Crippen molar-refractivity contribution in [3.8, 4) is 5.75 Å². The summed E-state index contributed by atoms with van der Waals surface area (Å²) in [6.07, 6.45) is -0.562. The van der Waals surface area contributed by atoms with Crippen molar-refractivity contribution in [2.75, 3.05) is 0 Å². The molecular weight excluding hydrogens is 401 g/mol. The zero-order chi connectivity index (χ0) is 15.2. The third kappa shape index (κ3) is 4.89. The van der Waals surface area contributed by atoms with Gasteiger partial charge >= 0.3 is 0 Å². The standard InChI is InChI=1S/C16H15ClINO2/c1-11(21-14-8-6-13(18)7-9-14)16(20)19-10-12-4-2-3-5-15(12)17/h2-9,11H,10H2,1H3,(H,19,20). The van der Waals surface area contributed by atoms with Gasteiger partial charge in [0, 0.05) is 15.1 Å². The van der Waals surface area contributed by atoms with Crippen LogP contribution in [0.5, 0.6) is 5.75 Å². The number of carbonyl (C=O) groups excluding carboxylic acids is 1. The number of hydrogen-bond donors (Lipinski definition) is 1. The highest BCUT2D eigenvalue weighted by Crippen LogP contribution is 2.16. The number of carbonyl (C=O) groups is 1. The van der Waals surface area contributed by atoms with E-state index in [9.17, 15) is 4.79 Å². The molecule has 0 heterocycles. The average molecular weight is 416 g/mol. The largest absolute Gasteiger partial charge is 0.481 e. The van der Waals surface area contributed by atoms with E-state index in [-0.39, 0.29) is 5.91 Å². The smallest absolute Gasteiger partial charge is 0.261 e. The van der Waals surface area contributed by atoms with Crippen molar-refractivity contribution >= 4 is 40.1 Å². The molecular formula is C16H15ClINO2. The van der Waals surface area contributed by atoms with Crippen molar-refractivity contribution < 1.29 is 9.53 Å². The highest BCUT2D eigenvalue weighted by molar-refractivity contribution is 14.1. The number of hydrogen-bond acceptors (Lipinski definition) is 2. The molecule has 0 aliphatic carbocycles. The monoisotopic (exact) mass is 415 g/mol. The molecule has 0 saturated heterocycles. The lowest BCUT2D eigenvalue weighted by molar-refractivity contribution is -0.127. The lowest BCUT2D eigenvalue weighted by Crippen LogP contribution is -2.35. The summed E-state index contributed by atoms with van der Waals surface area (Å²) in [6.45, 7) is 2.11. The van der Waals surface area contributed by atoms with E-state index in [0.717, 1.165) is 9.13 Å². The van der Waals surface area contributed by atoms with Gasteiger partial charge in [-0.1, -0.05) is 29.8 Å². The van der Waals surface area contributed by atoms with Crippen LogP contribution in [0.15, 0.2) is 48.5 Å². The Labute approximate surface area is 142 Å². The molecule has 0 aromatic heterocycles. The highest BCUT2D eigenvalue weighted by atomic mass is 127. The van der Waals surface area contributed by atoms with Gasteiger partial charge in [0.25, 0.3) is 5.91 Å². The van der Waals surface area contributed by atoms with Crippen molar-refractivity contribution in [3.63, 3.8) is 0 Å². The van der Waals surface area contributed by atoms with Crippen LogP contribution in [-0.2, 0) is 11.3 Å². The maximum Gasteiger partial charge on any atom is 0.261 e. The number of halogens is 2. The molecule has 0 fully saturated rings. The van der Waals surface area contributed by atoms with Crippen LogP contribution in [0.25, 0.3) is 0 Å². The van der Waals surface area contributed by atoms with Gasteiger partial charge in [0.2, 0.25) is 0 Å². The van der Waals surface area contributed by atoms with Gasteiger partial charge in [-0.05, 0) is 65.4 Å². The van der Waals surface area contributed by atoms with Crippen LogP contribution in [0.4, 0.5) is 0 Å². The molecule has 2 rings (SSSR count). The van der Waals surface area contributed by atoms with E-state index >= 15 is 0 Å². The van der Waals surface area contributed by atoms with E-state index in [1.165, 1.54) is 0 Å². The first-order valence-electron chi connectivity index (χ1n) is 6.49. The Morgan fingerprint density at radius 2 is 1.90 bits per heavy atom. The molecule has 0 aliphatic heterocycles. The molecule has 0 spiro atoms. The maximum atomic E-state index is 12.0. The topological polar surface area (TPSA) is 38.3 Å². The minimum atomic E-state index is -0.562. The number of nitrogens with one attached hydrogen (secondary N) is 1. The molecule has 1 atom stereocenters. The van der Waals surface area contributed by atoms with E-state index in [1.807, 2.05) is 42.5 Å². The molecule has 0 radical (unpaired) electrons. The van der Waals surface area contributed by atoms with Crippen LogP contribution in [0.2, 0.25) is 5.02 Å². The van der Waals surface area contributed by atoms with E-state index in [1.54, 1.807) is 13.0 Å². The van der Waals surface area contributed by atoms with Crippen molar-refractivity contribution in [3.05, 3.63) is 62.7 Å². The van der Waals surface area contributed by atoms with E-state index in [0.29, 0.717) is 17.3 Å². The minimum Gasteiger partial charge on any atom is -0.481 e. The Morgan fingerprint density at radius 3 is 2.57 bits per heavy atom. The predicted molar refractivity (Wildman–Crippen MR) is 92.5 cm³/mol. The van der Waals surface area contributed by atoms with Crippen molar-refractivity contribution in [1.29, 1.82) is 0 Å². The Kier molecular flexibility index (Phi) is 5.87. The quantitative estimate of drug-likeness (QED) is 0.749. The van der Waals surface area contributed by atoms with E-state index in [2.05, 4.69) is 27.9 Å². The Hall–Kier alpha value is -1.27. The maximum absolute atomic E-state index is 12.0. The Morgan fingerprint density at radius 1 is 1.24 bits per heavy atom. The van der Waals surface area contributed by atoms with Crippen LogP contribution in [0.3, 0.4) is 0 Å². The third-order valence-corrected chi connectivity index (χ3v) is 3.99. The van der Waals surface area contributed by atoms with Gasteiger partial charge in [-0.25, -0.2) is 0 Å². The first kappa shape index (κ1) is 16.1. The lowest BCUT2D eigenvalue weighted by atomic mass is 10.2. The fourth-order valence-electron chi connectivity index (χ4n) is 1.74. The fraction of sp³-hybridized carbons (Fsp3) is 0.188. The summed E-state index contributed by atoms with van der Waals surface area (Å²) in [5, 5.41) is 3.46. The summed E-state index contributed by atoms with van der Waals surface area (Å²) in [4.78, 5) is 12.0. The van der Waals surface area contributed by atoms with Crippen LogP contribution in [0, 0.1) is 3.57 Å². The number of benzene rings is 2. The highest BCUT2D eigenvalue weighted by Gasteiger charge is 2.14. The second-order valence-electron chi connectivity index (χ2n) is 4.52. The third-order valence-electron chi connectivity index (χ3n) is 2.91. The van der Waals surface area contributed by atoms with E-state index < -0.39 is 6.10 Å². The van der Waals surface area contributed by atoms with Gasteiger partial charge in [-0.3, -0.25) is 4.79 Å². The van der Waals surface area contributed by atoms with Crippen molar-refractivity contribution in [2.24, 2.45) is 0 Å².